The van der Waals surface area contributed by atoms with Gasteiger partial charge in [0.05, 0.1) is 30.0 Å². The summed E-state index contributed by atoms with van der Waals surface area (Å²) in [6.45, 7) is 2.99. The van der Waals surface area contributed by atoms with Crippen molar-refractivity contribution in [3.63, 3.8) is 0 Å². The lowest BCUT2D eigenvalue weighted by Crippen LogP contribution is -2.33. The third-order valence-corrected chi connectivity index (χ3v) is 4.32. The van der Waals surface area contributed by atoms with Crippen molar-refractivity contribution in [3.8, 4) is 5.75 Å². The topological polar surface area (TPSA) is 99.5 Å². The minimum absolute atomic E-state index is 0.345. The van der Waals surface area contributed by atoms with Crippen LogP contribution in [0.15, 0.2) is 53.6 Å². The number of methoxy groups -OCH3 is 1. The zero-order valence-corrected chi connectivity index (χ0v) is 16.3. The van der Waals surface area contributed by atoms with Crippen molar-refractivity contribution >= 4 is 28.5 Å². The molecule has 0 aliphatic heterocycles. The number of para-hydroxylation sites is 1. The van der Waals surface area contributed by atoms with E-state index < -0.39 is 18.0 Å². The van der Waals surface area contributed by atoms with Crippen LogP contribution in [0.3, 0.4) is 0 Å². The molecule has 0 spiro atoms. The third kappa shape index (κ3) is 4.60. The number of fused-ring (bicyclic) bond motifs is 1. The van der Waals surface area contributed by atoms with Gasteiger partial charge in [0.1, 0.15) is 12.3 Å². The van der Waals surface area contributed by atoms with Crippen LogP contribution >= 0.6 is 0 Å². The highest BCUT2D eigenvalue weighted by atomic mass is 16.5. The number of anilines is 1. The average molecular weight is 395 g/mol. The number of hydrogen-bond acceptors (Lipinski definition) is 6. The molecule has 0 saturated carbocycles. The predicted octanol–water partition coefficient (Wildman–Crippen LogP) is 2.28. The van der Waals surface area contributed by atoms with E-state index in [1.165, 1.54) is 20.4 Å². The van der Waals surface area contributed by atoms with Gasteiger partial charge in [-0.25, -0.2) is 4.98 Å². The molecule has 1 atom stereocenters. The monoisotopic (exact) mass is 395 g/mol. The maximum atomic E-state index is 12.4. The fourth-order valence-electron chi connectivity index (χ4n) is 2.80. The van der Waals surface area contributed by atoms with Crippen LogP contribution in [-0.2, 0) is 20.9 Å². The van der Waals surface area contributed by atoms with Crippen LogP contribution in [-0.4, -0.2) is 34.6 Å². The van der Waals surface area contributed by atoms with E-state index in [1.54, 1.807) is 36.4 Å². The summed E-state index contributed by atoms with van der Waals surface area (Å²) in [5.41, 5.74) is 1.61. The van der Waals surface area contributed by atoms with Crippen molar-refractivity contribution in [3.05, 3.63) is 64.7 Å². The summed E-state index contributed by atoms with van der Waals surface area (Å²) in [7, 11) is 1.50. The van der Waals surface area contributed by atoms with E-state index in [-0.39, 0.29) is 12.1 Å². The Morgan fingerprint density at radius 2 is 1.97 bits per heavy atom. The summed E-state index contributed by atoms with van der Waals surface area (Å²) < 4.78 is 11.6. The lowest BCUT2D eigenvalue weighted by molar-refractivity contribution is -0.153. The summed E-state index contributed by atoms with van der Waals surface area (Å²) >= 11 is 0. The molecule has 3 aromatic rings. The molecule has 1 heterocycles. The maximum Gasteiger partial charge on any atom is 0.326 e. The molecule has 0 radical (unpaired) electrons. The van der Waals surface area contributed by atoms with Gasteiger partial charge in [0.15, 0.2) is 6.10 Å². The zero-order valence-electron chi connectivity index (χ0n) is 16.3. The molecule has 29 heavy (non-hydrogen) atoms. The van der Waals surface area contributed by atoms with Crippen molar-refractivity contribution in [2.45, 2.75) is 26.5 Å². The second-order valence-electron chi connectivity index (χ2n) is 6.52. The Morgan fingerprint density at radius 3 is 2.72 bits per heavy atom. The van der Waals surface area contributed by atoms with Gasteiger partial charge in [-0.1, -0.05) is 18.2 Å². The lowest BCUT2D eigenvalue weighted by Gasteiger charge is -2.16. The number of nitrogens with zero attached hydrogens (tertiary/aromatic N) is 2. The molecule has 8 heteroatoms. The van der Waals surface area contributed by atoms with Gasteiger partial charge in [0.2, 0.25) is 0 Å². The molecule has 2 aromatic carbocycles. The Morgan fingerprint density at radius 1 is 1.21 bits per heavy atom. The molecule has 150 valence electrons. The van der Waals surface area contributed by atoms with Crippen molar-refractivity contribution in [2.75, 3.05) is 12.4 Å². The standard InChI is InChI=1S/C21H21N3O5/c1-13-8-9-18(28-3)17(10-13)23-20(26)14(2)29-19(25)11-24-12-22-16-7-5-4-6-15(16)21(24)27/h4-10,12,14H,11H2,1-3H3,(H,23,26)/t14-/m1/s1. The fraction of sp³-hybridized carbons (Fsp3) is 0.238. The van der Waals surface area contributed by atoms with Crippen molar-refractivity contribution in [1.82, 2.24) is 9.55 Å². The number of ether oxygens (including phenoxy) is 2. The largest absolute Gasteiger partial charge is 0.495 e. The van der Waals surface area contributed by atoms with E-state index in [1.807, 2.05) is 13.0 Å². The average Bonchev–Trinajstić information content (AvgIpc) is 2.70. The van der Waals surface area contributed by atoms with Gasteiger partial charge in [0.25, 0.3) is 11.5 Å². The van der Waals surface area contributed by atoms with Gasteiger partial charge in [0, 0.05) is 0 Å². The Balaban J connectivity index is 1.66. The number of carbonyl (C=O) groups excluding carboxylic acids is 2. The number of esters is 1. The first kappa shape index (κ1) is 20.1. The van der Waals surface area contributed by atoms with Crippen LogP contribution < -0.4 is 15.6 Å². The van der Waals surface area contributed by atoms with Gasteiger partial charge < -0.3 is 14.8 Å². The molecule has 1 amide bonds. The van der Waals surface area contributed by atoms with Gasteiger partial charge in [-0.15, -0.1) is 0 Å². The van der Waals surface area contributed by atoms with E-state index in [4.69, 9.17) is 9.47 Å². The van der Waals surface area contributed by atoms with E-state index in [2.05, 4.69) is 10.3 Å². The smallest absolute Gasteiger partial charge is 0.326 e. The minimum atomic E-state index is -1.06. The van der Waals surface area contributed by atoms with Crippen molar-refractivity contribution in [1.29, 1.82) is 0 Å². The first-order valence-corrected chi connectivity index (χ1v) is 8.98. The van der Waals surface area contributed by atoms with Crippen LogP contribution in [0.25, 0.3) is 10.9 Å². The van der Waals surface area contributed by atoms with Crippen molar-refractivity contribution in [2.24, 2.45) is 0 Å². The number of aryl methyl sites for hydroxylation is 1. The van der Waals surface area contributed by atoms with Crippen LogP contribution in [0.4, 0.5) is 5.69 Å². The lowest BCUT2D eigenvalue weighted by atomic mass is 10.2. The summed E-state index contributed by atoms with van der Waals surface area (Å²) in [6, 6.07) is 12.2. The van der Waals surface area contributed by atoms with Crippen molar-refractivity contribution < 1.29 is 19.1 Å². The van der Waals surface area contributed by atoms with E-state index >= 15 is 0 Å². The van der Waals surface area contributed by atoms with Crippen LogP contribution in [0.2, 0.25) is 0 Å². The summed E-state index contributed by atoms with van der Waals surface area (Å²) in [4.78, 5) is 41.2. The van der Waals surface area contributed by atoms with E-state index in [0.717, 1.165) is 10.1 Å². The highest BCUT2D eigenvalue weighted by Gasteiger charge is 2.20. The fourth-order valence-corrected chi connectivity index (χ4v) is 2.80. The van der Waals surface area contributed by atoms with Gasteiger partial charge >= 0.3 is 5.97 Å². The number of carbonyl (C=O) groups is 2. The second kappa shape index (κ2) is 8.55. The zero-order chi connectivity index (χ0) is 21.0. The quantitative estimate of drug-likeness (QED) is 0.643. The summed E-state index contributed by atoms with van der Waals surface area (Å²) in [6.07, 6.45) is 0.228. The first-order chi connectivity index (χ1) is 13.9. The highest BCUT2D eigenvalue weighted by molar-refractivity contribution is 5.96. The molecule has 0 aliphatic carbocycles. The Hall–Kier alpha value is -3.68. The number of hydrogen-bond donors (Lipinski definition) is 1. The van der Waals surface area contributed by atoms with Crippen LogP contribution in [0.5, 0.6) is 5.75 Å². The molecular weight excluding hydrogens is 374 g/mol. The highest BCUT2D eigenvalue weighted by Crippen LogP contribution is 2.25. The van der Waals surface area contributed by atoms with E-state index in [9.17, 15) is 14.4 Å². The molecular formula is C21H21N3O5. The molecule has 1 N–H and O–H groups in total. The molecule has 1 aromatic heterocycles. The number of nitrogens with one attached hydrogen (secondary N) is 1. The van der Waals surface area contributed by atoms with Crippen LogP contribution in [0.1, 0.15) is 12.5 Å². The summed E-state index contributed by atoms with van der Waals surface area (Å²) in [5.74, 6) is -0.731. The molecule has 0 fully saturated rings. The maximum absolute atomic E-state index is 12.4. The minimum Gasteiger partial charge on any atom is -0.495 e. The van der Waals surface area contributed by atoms with Gasteiger partial charge in [-0.05, 0) is 43.7 Å². The molecule has 0 aliphatic rings. The number of rotatable bonds is 6. The van der Waals surface area contributed by atoms with Gasteiger partial charge in [-0.3, -0.25) is 19.0 Å². The first-order valence-electron chi connectivity index (χ1n) is 8.98. The Kier molecular flexibility index (Phi) is 5.92. The SMILES string of the molecule is COc1ccc(C)cc1NC(=O)[C@@H](C)OC(=O)Cn1cnc2ccccc2c1=O. The molecule has 0 bridgehead atoms. The summed E-state index contributed by atoms with van der Waals surface area (Å²) in [5, 5.41) is 3.09. The molecule has 3 rings (SSSR count). The second-order valence-corrected chi connectivity index (χ2v) is 6.52. The predicted molar refractivity (Wildman–Crippen MR) is 108 cm³/mol. The molecule has 8 nitrogen and oxygen atoms in total. The number of amides is 1. The van der Waals surface area contributed by atoms with Crippen LogP contribution in [0, 0.1) is 6.92 Å². The Bertz CT molecular complexity index is 1120. The molecule has 0 saturated heterocycles. The Labute approximate surface area is 167 Å². The normalized spacial score (nSPS) is 11.7. The van der Waals surface area contributed by atoms with Gasteiger partial charge in [-0.2, -0.15) is 0 Å². The number of benzene rings is 2. The van der Waals surface area contributed by atoms with E-state index in [0.29, 0.717) is 22.3 Å². The molecule has 0 unspecified atom stereocenters. The number of aromatic nitrogens is 2. The third-order valence-electron chi connectivity index (χ3n) is 4.32.